The normalized spacial score (nSPS) is 13.7. The molecule has 1 aromatic heterocycles. The van der Waals surface area contributed by atoms with E-state index in [1.807, 2.05) is 54.6 Å². The Bertz CT molecular complexity index is 1040. The zero-order valence-corrected chi connectivity index (χ0v) is 16.5. The fraction of sp³-hybridized carbons (Fsp3) is 0.160. The SMILES string of the molecule is O=C(/C=C/c1ccc(OCc2ccccn2)cc1)c1ccc(N2CCCC2=O)cc1. The number of anilines is 1. The number of nitrogens with zero attached hydrogens (tertiary/aromatic N) is 2. The standard InChI is InChI=1S/C25H22N2O3/c28-24(20-9-11-22(12-10-20)27-17-3-5-25(27)29)15-8-19-6-13-23(14-7-19)30-18-21-4-1-2-16-26-21/h1-2,4,6-16H,3,5,17-18H2/b15-8+. The molecule has 1 saturated heterocycles. The van der Waals surface area contributed by atoms with Crippen LogP contribution in [0.3, 0.4) is 0 Å². The second-order valence-corrected chi connectivity index (χ2v) is 7.07. The van der Waals surface area contributed by atoms with Crippen molar-refractivity contribution in [3.8, 4) is 5.75 Å². The number of ether oxygens (including phenoxy) is 1. The average Bonchev–Trinajstić information content (AvgIpc) is 3.23. The molecule has 1 aliphatic rings. The number of benzene rings is 2. The maximum Gasteiger partial charge on any atom is 0.227 e. The summed E-state index contributed by atoms with van der Waals surface area (Å²) >= 11 is 0. The molecule has 30 heavy (non-hydrogen) atoms. The third-order valence-corrected chi connectivity index (χ3v) is 4.96. The van der Waals surface area contributed by atoms with Gasteiger partial charge in [0, 0.05) is 30.4 Å². The molecular formula is C25H22N2O3. The highest BCUT2D eigenvalue weighted by molar-refractivity contribution is 6.07. The third kappa shape index (κ3) is 4.81. The van der Waals surface area contributed by atoms with Crippen LogP contribution >= 0.6 is 0 Å². The predicted octanol–water partition coefficient (Wildman–Crippen LogP) is 4.68. The van der Waals surface area contributed by atoms with E-state index in [1.165, 1.54) is 0 Å². The lowest BCUT2D eigenvalue weighted by atomic mass is 10.1. The van der Waals surface area contributed by atoms with Crippen molar-refractivity contribution in [3.05, 3.63) is 95.8 Å². The topological polar surface area (TPSA) is 59.5 Å². The van der Waals surface area contributed by atoms with Crippen LogP contribution in [-0.4, -0.2) is 23.2 Å². The van der Waals surface area contributed by atoms with Gasteiger partial charge in [-0.3, -0.25) is 14.6 Å². The monoisotopic (exact) mass is 398 g/mol. The smallest absolute Gasteiger partial charge is 0.227 e. The fourth-order valence-electron chi connectivity index (χ4n) is 3.31. The van der Waals surface area contributed by atoms with E-state index < -0.39 is 0 Å². The van der Waals surface area contributed by atoms with Gasteiger partial charge in [-0.2, -0.15) is 0 Å². The summed E-state index contributed by atoms with van der Waals surface area (Å²) in [5.74, 6) is 0.808. The van der Waals surface area contributed by atoms with E-state index in [9.17, 15) is 9.59 Å². The summed E-state index contributed by atoms with van der Waals surface area (Å²) in [5, 5.41) is 0. The van der Waals surface area contributed by atoms with Crippen molar-refractivity contribution in [2.24, 2.45) is 0 Å². The summed E-state index contributed by atoms with van der Waals surface area (Å²) in [7, 11) is 0. The summed E-state index contributed by atoms with van der Waals surface area (Å²) in [6.07, 6.45) is 6.55. The number of carbonyl (C=O) groups is 2. The van der Waals surface area contributed by atoms with E-state index in [-0.39, 0.29) is 11.7 Å². The van der Waals surface area contributed by atoms with Gasteiger partial charge in [0.25, 0.3) is 0 Å². The van der Waals surface area contributed by atoms with Gasteiger partial charge >= 0.3 is 0 Å². The Morgan fingerprint density at radius 2 is 1.83 bits per heavy atom. The van der Waals surface area contributed by atoms with E-state index in [2.05, 4.69) is 4.98 Å². The van der Waals surface area contributed by atoms with E-state index in [1.54, 1.807) is 35.4 Å². The Morgan fingerprint density at radius 3 is 2.50 bits per heavy atom. The second kappa shape index (κ2) is 9.18. The Kier molecular flexibility index (Phi) is 5.99. The van der Waals surface area contributed by atoms with Crippen molar-refractivity contribution in [2.75, 3.05) is 11.4 Å². The number of pyridine rings is 1. The number of amides is 1. The molecule has 0 unspecified atom stereocenters. The zero-order chi connectivity index (χ0) is 20.8. The fourth-order valence-corrected chi connectivity index (χ4v) is 3.31. The van der Waals surface area contributed by atoms with Crippen molar-refractivity contribution in [2.45, 2.75) is 19.4 Å². The van der Waals surface area contributed by atoms with Gasteiger partial charge in [-0.15, -0.1) is 0 Å². The molecule has 5 heteroatoms. The van der Waals surface area contributed by atoms with Crippen LogP contribution in [-0.2, 0) is 11.4 Å². The molecule has 0 aliphatic carbocycles. The number of ketones is 1. The minimum atomic E-state index is -0.0789. The van der Waals surface area contributed by atoms with Crippen LogP contribution in [0.25, 0.3) is 6.08 Å². The van der Waals surface area contributed by atoms with Crippen molar-refractivity contribution in [1.82, 2.24) is 4.98 Å². The van der Waals surface area contributed by atoms with Crippen molar-refractivity contribution in [3.63, 3.8) is 0 Å². The lowest BCUT2D eigenvalue weighted by Crippen LogP contribution is -2.23. The maximum absolute atomic E-state index is 12.4. The van der Waals surface area contributed by atoms with Crippen LogP contribution in [0.4, 0.5) is 5.69 Å². The summed E-state index contributed by atoms with van der Waals surface area (Å²) in [4.78, 5) is 30.3. The molecule has 0 radical (unpaired) electrons. The molecule has 0 atom stereocenters. The zero-order valence-electron chi connectivity index (χ0n) is 16.5. The molecule has 0 bridgehead atoms. The lowest BCUT2D eigenvalue weighted by Gasteiger charge is -2.15. The van der Waals surface area contributed by atoms with Gasteiger partial charge in [0.05, 0.1) is 5.69 Å². The second-order valence-electron chi connectivity index (χ2n) is 7.07. The first-order chi connectivity index (χ1) is 14.7. The van der Waals surface area contributed by atoms with Crippen molar-refractivity contribution >= 4 is 23.5 Å². The van der Waals surface area contributed by atoms with Crippen molar-refractivity contribution < 1.29 is 14.3 Å². The molecule has 0 N–H and O–H groups in total. The first kappa shape index (κ1) is 19.6. The average molecular weight is 398 g/mol. The number of carbonyl (C=O) groups excluding carboxylic acids is 2. The number of rotatable bonds is 7. The number of hydrogen-bond acceptors (Lipinski definition) is 4. The van der Waals surface area contributed by atoms with Gasteiger partial charge < -0.3 is 9.64 Å². The van der Waals surface area contributed by atoms with Crippen LogP contribution in [0.1, 0.15) is 34.5 Å². The molecule has 3 aromatic rings. The van der Waals surface area contributed by atoms with Gasteiger partial charge in [-0.25, -0.2) is 0 Å². The first-order valence-electron chi connectivity index (χ1n) is 9.95. The van der Waals surface area contributed by atoms with E-state index in [4.69, 9.17) is 4.74 Å². The van der Waals surface area contributed by atoms with Gasteiger partial charge in [0.1, 0.15) is 12.4 Å². The van der Waals surface area contributed by atoms with Gasteiger partial charge in [0.2, 0.25) is 5.91 Å². The Labute approximate surface area is 175 Å². The van der Waals surface area contributed by atoms with Gasteiger partial charge in [0.15, 0.2) is 5.78 Å². The molecule has 2 heterocycles. The Balaban J connectivity index is 1.33. The van der Waals surface area contributed by atoms with Crippen LogP contribution in [0.15, 0.2) is 79.0 Å². The molecular weight excluding hydrogens is 376 g/mol. The predicted molar refractivity (Wildman–Crippen MR) is 116 cm³/mol. The van der Waals surface area contributed by atoms with Crippen LogP contribution in [0, 0.1) is 0 Å². The minimum Gasteiger partial charge on any atom is -0.487 e. The highest BCUT2D eigenvalue weighted by Gasteiger charge is 2.21. The van der Waals surface area contributed by atoms with E-state index in [0.29, 0.717) is 18.6 Å². The molecule has 2 aromatic carbocycles. The molecule has 1 aliphatic heterocycles. The molecule has 4 rings (SSSR count). The summed E-state index contributed by atoms with van der Waals surface area (Å²) in [5.41, 5.74) is 3.22. The lowest BCUT2D eigenvalue weighted by molar-refractivity contribution is -0.117. The third-order valence-electron chi connectivity index (χ3n) is 4.96. The van der Waals surface area contributed by atoms with Crippen LogP contribution in [0.2, 0.25) is 0 Å². The molecule has 1 amide bonds. The Hall–Kier alpha value is -3.73. The molecule has 150 valence electrons. The summed E-state index contributed by atoms with van der Waals surface area (Å²) in [6.45, 7) is 1.15. The first-order valence-corrected chi connectivity index (χ1v) is 9.95. The van der Waals surface area contributed by atoms with Crippen LogP contribution < -0.4 is 9.64 Å². The summed E-state index contributed by atoms with van der Waals surface area (Å²) in [6, 6.07) is 20.5. The number of hydrogen-bond donors (Lipinski definition) is 0. The highest BCUT2D eigenvalue weighted by Crippen LogP contribution is 2.22. The molecule has 1 fully saturated rings. The number of allylic oxidation sites excluding steroid dienone is 1. The minimum absolute atomic E-state index is 0.0789. The summed E-state index contributed by atoms with van der Waals surface area (Å²) < 4.78 is 5.72. The maximum atomic E-state index is 12.4. The largest absolute Gasteiger partial charge is 0.487 e. The molecule has 0 saturated carbocycles. The van der Waals surface area contributed by atoms with Gasteiger partial charge in [-0.05, 0) is 66.6 Å². The highest BCUT2D eigenvalue weighted by atomic mass is 16.5. The Morgan fingerprint density at radius 1 is 1.03 bits per heavy atom. The van der Waals surface area contributed by atoms with E-state index >= 15 is 0 Å². The van der Waals surface area contributed by atoms with Crippen LogP contribution in [0.5, 0.6) is 5.75 Å². The van der Waals surface area contributed by atoms with Crippen molar-refractivity contribution in [1.29, 1.82) is 0 Å². The molecule has 5 nitrogen and oxygen atoms in total. The van der Waals surface area contributed by atoms with E-state index in [0.717, 1.165) is 35.7 Å². The molecule has 0 spiro atoms. The number of aromatic nitrogens is 1. The van der Waals surface area contributed by atoms with Gasteiger partial charge in [-0.1, -0.05) is 24.3 Å². The quantitative estimate of drug-likeness (QED) is 0.428.